The molecule has 1 aliphatic heterocycles. The van der Waals surface area contributed by atoms with Crippen molar-refractivity contribution < 1.29 is 18.6 Å². The van der Waals surface area contributed by atoms with Gasteiger partial charge in [-0.25, -0.2) is 0 Å². The van der Waals surface area contributed by atoms with Crippen molar-refractivity contribution in [2.45, 2.75) is 13.0 Å². The Morgan fingerprint density at radius 3 is 2.61 bits per heavy atom. The van der Waals surface area contributed by atoms with Gasteiger partial charge in [-0.05, 0) is 30.3 Å². The van der Waals surface area contributed by atoms with E-state index >= 15 is 0 Å². The zero-order chi connectivity index (χ0) is 21.9. The molecule has 0 spiro atoms. The minimum Gasteiger partial charge on any atom is -0.497 e. The van der Waals surface area contributed by atoms with Gasteiger partial charge in [0.15, 0.2) is 5.96 Å². The molecule has 1 N–H and O–H groups in total. The first-order valence-corrected chi connectivity index (χ1v) is 10.7. The van der Waals surface area contributed by atoms with E-state index in [0.717, 1.165) is 74.5 Å². The molecule has 2 heterocycles. The number of hydrogen-bond donors (Lipinski definition) is 1. The van der Waals surface area contributed by atoms with Gasteiger partial charge in [-0.3, -0.25) is 9.89 Å². The highest BCUT2D eigenvalue weighted by molar-refractivity contribution is 5.80. The fourth-order valence-corrected chi connectivity index (χ4v) is 3.63. The molecule has 0 aliphatic carbocycles. The molecule has 1 aromatic carbocycles. The van der Waals surface area contributed by atoms with Crippen LogP contribution in [0.1, 0.15) is 11.3 Å². The summed E-state index contributed by atoms with van der Waals surface area (Å²) >= 11 is 0. The summed E-state index contributed by atoms with van der Waals surface area (Å²) in [5.41, 5.74) is 1.14. The molecule has 31 heavy (non-hydrogen) atoms. The lowest BCUT2D eigenvalue weighted by molar-refractivity contribution is 0.170. The quantitative estimate of drug-likeness (QED) is 0.352. The van der Waals surface area contributed by atoms with Crippen molar-refractivity contribution in [1.29, 1.82) is 0 Å². The van der Waals surface area contributed by atoms with Crippen molar-refractivity contribution in [3.63, 3.8) is 0 Å². The van der Waals surface area contributed by atoms with Crippen molar-refractivity contribution in [3.05, 3.63) is 47.9 Å². The second-order valence-corrected chi connectivity index (χ2v) is 7.40. The van der Waals surface area contributed by atoms with Crippen LogP contribution in [0, 0.1) is 0 Å². The number of rotatable bonds is 10. The number of guanidine groups is 1. The third-order valence-electron chi connectivity index (χ3n) is 5.34. The van der Waals surface area contributed by atoms with Crippen LogP contribution in [0.25, 0.3) is 0 Å². The lowest BCUT2D eigenvalue weighted by atomic mass is 10.1. The number of methoxy groups -OCH3 is 3. The monoisotopic (exact) mass is 430 g/mol. The topological polar surface area (TPSA) is 71.7 Å². The van der Waals surface area contributed by atoms with E-state index in [4.69, 9.17) is 23.6 Å². The molecule has 0 atom stereocenters. The van der Waals surface area contributed by atoms with Gasteiger partial charge in [0.1, 0.15) is 17.3 Å². The Kier molecular flexibility index (Phi) is 9.05. The Labute approximate surface area is 184 Å². The van der Waals surface area contributed by atoms with Crippen LogP contribution in [0.5, 0.6) is 11.5 Å². The lowest BCUT2D eigenvalue weighted by Crippen LogP contribution is -2.52. The molecule has 0 unspecified atom stereocenters. The van der Waals surface area contributed by atoms with Gasteiger partial charge in [0, 0.05) is 58.4 Å². The number of ether oxygens (including phenoxy) is 3. The summed E-state index contributed by atoms with van der Waals surface area (Å²) in [6, 6.07) is 9.86. The van der Waals surface area contributed by atoms with Crippen molar-refractivity contribution in [2.75, 3.05) is 67.2 Å². The highest BCUT2D eigenvalue weighted by Crippen LogP contribution is 2.25. The Hall–Kier alpha value is -2.71. The van der Waals surface area contributed by atoms with E-state index in [9.17, 15) is 0 Å². The summed E-state index contributed by atoms with van der Waals surface area (Å²) in [6.07, 6.45) is 2.53. The fraction of sp³-hybridized carbons (Fsp3) is 0.522. The van der Waals surface area contributed by atoms with Gasteiger partial charge in [0.2, 0.25) is 0 Å². The normalized spacial score (nSPS) is 15.2. The van der Waals surface area contributed by atoms with E-state index < -0.39 is 0 Å². The van der Waals surface area contributed by atoms with Crippen molar-refractivity contribution in [1.82, 2.24) is 15.1 Å². The highest BCUT2D eigenvalue weighted by atomic mass is 16.5. The SMILES string of the molecule is COCCN=C(NCCc1ccco1)N1CCN(Cc2cc(OC)ccc2OC)CC1. The lowest BCUT2D eigenvalue weighted by Gasteiger charge is -2.36. The predicted molar refractivity (Wildman–Crippen MR) is 121 cm³/mol. The highest BCUT2D eigenvalue weighted by Gasteiger charge is 2.21. The van der Waals surface area contributed by atoms with Gasteiger partial charge in [-0.15, -0.1) is 0 Å². The van der Waals surface area contributed by atoms with Crippen LogP contribution in [0.2, 0.25) is 0 Å². The summed E-state index contributed by atoms with van der Waals surface area (Å²) in [5.74, 6) is 3.65. The van der Waals surface area contributed by atoms with Crippen LogP contribution in [0.4, 0.5) is 0 Å². The van der Waals surface area contributed by atoms with E-state index in [1.165, 1.54) is 0 Å². The summed E-state index contributed by atoms with van der Waals surface area (Å²) in [5, 5.41) is 3.49. The molecule has 170 valence electrons. The van der Waals surface area contributed by atoms with Gasteiger partial charge >= 0.3 is 0 Å². The molecule has 1 aliphatic rings. The predicted octanol–water partition coefficient (Wildman–Crippen LogP) is 2.25. The van der Waals surface area contributed by atoms with Gasteiger partial charge in [-0.1, -0.05) is 0 Å². The minimum atomic E-state index is 0.610. The molecule has 8 nitrogen and oxygen atoms in total. The van der Waals surface area contributed by atoms with E-state index in [1.54, 1.807) is 27.6 Å². The molecular weight excluding hydrogens is 396 g/mol. The summed E-state index contributed by atoms with van der Waals surface area (Å²) < 4.78 is 21.5. The maximum Gasteiger partial charge on any atom is 0.194 e. The van der Waals surface area contributed by atoms with Crippen LogP contribution >= 0.6 is 0 Å². The third-order valence-corrected chi connectivity index (χ3v) is 5.34. The van der Waals surface area contributed by atoms with Gasteiger partial charge in [0.05, 0.1) is 33.6 Å². The molecule has 2 aromatic rings. The number of hydrogen-bond acceptors (Lipinski definition) is 6. The van der Waals surface area contributed by atoms with Crippen LogP contribution < -0.4 is 14.8 Å². The van der Waals surface area contributed by atoms with Crippen molar-refractivity contribution >= 4 is 5.96 Å². The van der Waals surface area contributed by atoms with Crippen LogP contribution in [0.3, 0.4) is 0 Å². The first-order chi connectivity index (χ1) is 15.2. The number of nitrogens with zero attached hydrogens (tertiary/aromatic N) is 3. The Morgan fingerprint density at radius 1 is 1.10 bits per heavy atom. The zero-order valence-corrected chi connectivity index (χ0v) is 18.8. The van der Waals surface area contributed by atoms with E-state index in [2.05, 4.69) is 21.2 Å². The molecular formula is C23H34N4O4. The number of aliphatic imine (C=N–C) groups is 1. The van der Waals surface area contributed by atoms with E-state index in [0.29, 0.717) is 13.2 Å². The molecule has 0 saturated carbocycles. The summed E-state index contributed by atoms with van der Waals surface area (Å²) in [7, 11) is 5.10. The summed E-state index contributed by atoms with van der Waals surface area (Å²) in [6.45, 7) is 6.57. The third kappa shape index (κ3) is 6.90. The fourth-order valence-electron chi connectivity index (χ4n) is 3.63. The number of furan rings is 1. The zero-order valence-electron chi connectivity index (χ0n) is 18.8. The Bertz CT molecular complexity index is 802. The maximum atomic E-state index is 5.53. The smallest absolute Gasteiger partial charge is 0.194 e. The second-order valence-electron chi connectivity index (χ2n) is 7.40. The van der Waals surface area contributed by atoms with Crippen molar-refractivity contribution in [2.24, 2.45) is 4.99 Å². The second kappa shape index (κ2) is 12.2. The molecule has 8 heteroatoms. The molecule has 1 fully saturated rings. The molecule has 0 radical (unpaired) electrons. The largest absolute Gasteiger partial charge is 0.497 e. The number of benzene rings is 1. The average Bonchev–Trinajstić information content (AvgIpc) is 3.32. The van der Waals surface area contributed by atoms with Gasteiger partial charge in [-0.2, -0.15) is 0 Å². The first kappa shape index (κ1) is 23.0. The van der Waals surface area contributed by atoms with Crippen LogP contribution in [0.15, 0.2) is 46.0 Å². The average molecular weight is 431 g/mol. The standard InChI is InChI=1S/C23H34N4O4/c1-28-16-10-25-23(24-9-8-20-5-4-15-31-20)27-13-11-26(12-14-27)18-19-17-21(29-2)6-7-22(19)30-3/h4-7,15,17H,8-14,16,18H2,1-3H3,(H,24,25). The van der Waals surface area contributed by atoms with Crippen LogP contribution in [-0.4, -0.2) is 83.0 Å². The number of piperazine rings is 1. The van der Waals surface area contributed by atoms with E-state index in [-0.39, 0.29) is 0 Å². The Balaban J connectivity index is 1.55. The van der Waals surface area contributed by atoms with Gasteiger partial charge < -0.3 is 28.8 Å². The van der Waals surface area contributed by atoms with Crippen LogP contribution in [-0.2, 0) is 17.7 Å². The number of nitrogens with one attached hydrogen (secondary N) is 1. The molecule has 1 saturated heterocycles. The minimum absolute atomic E-state index is 0.610. The molecule has 3 rings (SSSR count). The van der Waals surface area contributed by atoms with Gasteiger partial charge in [0.25, 0.3) is 0 Å². The maximum absolute atomic E-state index is 5.53. The van der Waals surface area contributed by atoms with Crippen molar-refractivity contribution in [3.8, 4) is 11.5 Å². The molecule has 0 bridgehead atoms. The molecule has 1 aromatic heterocycles. The Morgan fingerprint density at radius 2 is 1.94 bits per heavy atom. The summed E-state index contributed by atoms with van der Waals surface area (Å²) in [4.78, 5) is 9.49. The van der Waals surface area contributed by atoms with E-state index in [1.807, 2.05) is 24.3 Å². The first-order valence-electron chi connectivity index (χ1n) is 10.7. The molecule has 0 amide bonds.